The second kappa shape index (κ2) is 9.91. The Hall–Kier alpha value is -3.26. The van der Waals surface area contributed by atoms with E-state index < -0.39 is 5.92 Å². The van der Waals surface area contributed by atoms with Gasteiger partial charge in [-0.25, -0.2) is 0 Å². The number of carbonyl (C=O) groups is 3. The lowest BCUT2D eigenvalue weighted by Gasteiger charge is -2.21. The van der Waals surface area contributed by atoms with Gasteiger partial charge >= 0.3 is 0 Å². The molecule has 0 aromatic heterocycles. The molecule has 1 aliphatic rings. The predicted molar refractivity (Wildman–Crippen MR) is 123 cm³/mol. The number of methoxy groups -OCH3 is 2. The molecule has 0 aliphatic carbocycles. The van der Waals surface area contributed by atoms with E-state index in [-0.39, 0.29) is 37.2 Å². The van der Waals surface area contributed by atoms with Crippen LogP contribution in [0.25, 0.3) is 0 Å². The van der Waals surface area contributed by atoms with Crippen molar-refractivity contribution in [3.8, 4) is 11.5 Å². The van der Waals surface area contributed by atoms with Gasteiger partial charge in [0, 0.05) is 24.7 Å². The molecule has 1 fully saturated rings. The summed E-state index contributed by atoms with van der Waals surface area (Å²) in [6.07, 6.45) is 0.0250. The summed E-state index contributed by atoms with van der Waals surface area (Å²) in [7, 11) is 2.96. The monoisotopic (exact) mass is 459 g/mol. The number of carbonyl (C=O) groups excluding carboxylic acids is 3. The van der Waals surface area contributed by atoms with Crippen molar-refractivity contribution in [3.05, 3.63) is 46.5 Å². The van der Waals surface area contributed by atoms with Crippen molar-refractivity contribution in [2.75, 3.05) is 37.5 Å². The average Bonchev–Trinajstić information content (AvgIpc) is 3.16. The third-order valence-corrected chi connectivity index (χ3v) is 5.84. The molecule has 8 nitrogen and oxygen atoms in total. The van der Waals surface area contributed by atoms with Crippen LogP contribution in [0.3, 0.4) is 0 Å². The number of benzene rings is 2. The number of ether oxygens (including phenoxy) is 2. The van der Waals surface area contributed by atoms with E-state index >= 15 is 0 Å². The molecule has 2 aromatic rings. The Morgan fingerprint density at radius 2 is 1.88 bits per heavy atom. The molecule has 0 bridgehead atoms. The smallest absolute Gasteiger partial charge is 0.243 e. The van der Waals surface area contributed by atoms with Gasteiger partial charge in [-0.15, -0.1) is 0 Å². The number of nitrogens with zero attached hydrogens (tertiary/aromatic N) is 1. The first kappa shape index (κ1) is 23.4. The van der Waals surface area contributed by atoms with E-state index in [1.54, 1.807) is 12.1 Å². The zero-order valence-electron chi connectivity index (χ0n) is 18.5. The minimum Gasteiger partial charge on any atom is -0.495 e. The molecule has 170 valence electrons. The van der Waals surface area contributed by atoms with Gasteiger partial charge in [-0.05, 0) is 37.1 Å². The minimum absolute atomic E-state index is 0.0250. The van der Waals surface area contributed by atoms with Crippen LogP contribution in [-0.2, 0) is 14.4 Å². The zero-order valence-corrected chi connectivity index (χ0v) is 19.2. The van der Waals surface area contributed by atoms with Gasteiger partial charge in [0.05, 0.1) is 37.4 Å². The number of amides is 3. The maximum Gasteiger partial charge on any atom is 0.243 e. The summed E-state index contributed by atoms with van der Waals surface area (Å²) in [4.78, 5) is 39.0. The lowest BCUT2D eigenvalue weighted by Crippen LogP contribution is -2.38. The van der Waals surface area contributed by atoms with Crippen LogP contribution in [0.2, 0.25) is 5.02 Å². The highest BCUT2D eigenvalue weighted by Crippen LogP contribution is 2.40. The van der Waals surface area contributed by atoms with Crippen LogP contribution in [0.15, 0.2) is 30.3 Å². The van der Waals surface area contributed by atoms with Gasteiger partial charge in [-0.2, -0.15) is 0 Å². The molecule has 3 rings (SSSR count). The summed E-state index contributed by atoms with van der Waals surface area (Å²) in [5, 5.41) is 5.75. The number of anilines is 2. The van der Waals surface area contributed by atoms with Gasteiger partial charge in [0.15, 0.2) is 0 Å². The van der Waals surface area contributed by atoms with Gasteiger partial charge in [0.2, 0.25) is 17.7 Å². The predicted octanol–water partition coefficient (Wildman–Crippen LogP) is 3.08. The second-order valence-electron chi connectivity index (χ2n) is 7.58. The highest BCUT2D eigenvalue weighted by atomic mass is 35.5. The molecule has 1 saturated heterocycles. The van der Waals surface area contributed by atoms with Crippen LogP contribution in [0.4, 0.5) is 11.4 Å². The lowest BCUT2D eigenvalue weighted by molar-refractivity contribution is -0.127. The van der Waals surface area contributed by atoms with Crippen LogP contribution in [0.5, 0.6) is 11.5 Å². The Bertz CT molecular complexity index is 1060. The summed E-state index contributed by atoms with van der Waals surface area (Å²) in [5.74, 6) is -0.699. The van der Waals surface area contributed by atoms with E-state index in [1.807, 2.05) is 32.0 Å². The van der Waals surface area contributed by atoms with Crippen molar-refractivity contribution in [1.82, 2.24) is 5.32 Å². The summed E-state index contributed by atoms with van der Waals surface area (Å²) >= 11 is 6.21. The Balaban J connectivity index is 1.62. The summed E-state index contributed by atoms with van der Waals surface area (Å²) in [5.41, 5.74) is 3.20. The molecular formula is C23H26ClN3O5. The van der Waals surface area contributed by atoms with Crippen LogP contribution < -0.4 is 25.0 Å². The van der Waals surface area contributed by atoms with Crippen LogP contribution in [0.1, 0.15) is 17.5 Å². The number of nitrogens with one attached hydrogen (secondary N) is 2. The third kappa shape index (κ3) is 4.96. The molecule has 0 saturated carbocycles. The first-order chi connectivity index (χ1) is 15.2. The van der Waals surface area contributed by atoms with Crippen molar-refractivity contribution in [3.63, 3.8) is 0 Å². The fourth-order valence-electron chi connectivity index (χ4n) is 3.56. The van der Waals surface area contributed by atoms with E-state index in [0.29, 0.717) is 27.9 Å². The number of aryl methyl sites for hydroxylation is 1. The van der Waals surface area contributed by atoms with Crippen molar-refractivity contribution < 1.29 is 23.9 Å². The summed E-state index contributed by atoms with van der Waals surface area (Å²) < 4.78 is 10.6. The molecule has 1 heterocycles. The number of hydrogen-bond acceptors (Lipinski definition) is 5. The maximum atomic E-state index is 12.6. The van der Waals surface area contributed by atoms with Gasteiger partial charge in [0.1, 0.15) is 11.5 Å². The topological polar surface area (TPSA) is 97.0 Å². The van der Waals surface area contributed by atoms with Gasteiger partial charge < -0.3 is 25.0 Å². The molecule has 9 heteroatoms. The second-order valence-corrected chi connectivity index (χ2v) is 7.98. The first-order valence-electron chi connectivity index (χ1n) is 10.1. The Labute approximate surface area is 191 Å². The molecule has 2 N–H and O–H groups in total. The summed E-state index contributed by atoms with van der Waals surface area (Å²) in [6, 6.07) is 8.80. The molecule has 1 atom stereocenters. The molecule has 0 unspecified atom stereocenters. The van der Waals surface area contributed by atoms with Gasteiger partial charge in [0.25, 0.3) is 0 Å². The highest BCUT2D eigenvalue weighted by molar-refractivity contribution is 6.32. The van der Waals surface area contributed by atoms with Crippen molar-refractivity contribution in [2.24, 2.45) is 5.92 Å². The fourth-order valence-corrected chi connectivity index (χ4v) is 3.80. The number of hydrogen-bond donors (Lipinski definition) is 2. The molecule has 1 aliphatic heterocycles. The number of rotatable bonds is 7. The standard InChI is InChI=1S/C23H26ClN3O5/c1-13-6-5-7-17(14(13)2)26-21(28)11-25-23(30)15-8-22(29)27(12-15)18-9-16(24)19(31-3)10-20(18)32-4/h5-7,9-10,15H,8,11-12H2,1-4H3,(H,25,30)(H,26,28)/t15-/m0/s1. The maximum absolute atomic E-state index is 12.6. The quantitative estimate of drug-likeness (QED) is 0.663. The molecule has 0 radical (unpaired) electrons. The highest BCUT2D eigenvalue weighted by Gasteiger charge is 2.36. The average molecular weight is 460 g/mol. The van der Waals surface area contributed by atoms with Crippen LogP contribution >= 0.6 is 11.6 Å². The van der Waals surface area contributed by atoms with Crippen LogP contribution in [-0.4, -0.2) is 45.0 Å². The van der Waals surface area contributed by atoms with E-state index in [2.05, 4.69) is 10.6 Å². The molecule has 3 amide bonds. The largest absolute Gasteiger partial charge is 0.495 e. The third-order valence-electron chi connectivity index (χ3n) is 5.54. The Kier molecular flexibility index (Phi) is 7.25. The minimum atomic E-state index is -0.596. The van der Waals surface area contributed by atoms with E-state index in [0.717, 1.165) is 11.1 Å². The van der Waals surface area contributed by atoms with E-state index in [4.69, 9.17) is 21.1 Å². The fraction of sp³-hybridized carbons (Fsp3) is 0.348. The van der Waals surface area contributed by atoms with Gasteiger partial charge in [-0.3, -0.25) is 14.4 Å². The zero-order chi connectivity index (χ0) is 23.4. The molecule has 32 heavy (non-hydrogen) atoms. The summed E-state index contributed by atoms with van der Waals surface area (Å²) in [6.45, 7) is 3.85. The van der Waals surface area contributed by atoms with E-state index in [9.17, 15) is 14.4 Å². The molecule has 2 aromatic carbocycles. The lowest BCUT2D eigenvalue weighted by atomic mass is 10.1. The molecule has 0 spiro atoms. The SMILES string of the molecule is COc1cc(OC)c(N2C[C@@H](C(=O)NCC(=O)Nc3cccc(C)c3C)CC2=O)cc1Cl. The van der Waals surface area contributed by atoms with Crippen LogP contribution in [0, 0.1) is 19.8 Å². The van der Waals surface area contributed by atoms with Crippen molar-refractivity contribution in [1.29, 1.82) is 0 Å². The van der Waals surface area contributed by atoms with E-state index in [1.165, 1.54) is 19.1 Å². The Morgan fingerprint density at radius 3 is 2.56 bits per heavy atom. The first-order valence-corrected chi connectivity index (χ1v) is 10.5. The molecular weight excluding hydrogens is 434 g/mol. The van der Waals surface area contributed by atoms with Crippen molar-refractivity contribution >= 4 is 40.7 Å². The van der Waals surface area contributed by atoms with Crippen molar-refractivity contribution in [2.45, 2.75) is 20.3 Å². The van der Waals surface area contributed by atoms with Gasteiger partial charge in [-0.1, -0.05) is 23.7 Å². The Morgan fingerprint density at radius 1 is 1.16 bits per heavy atom. The number of halogens is 1. The normalized spacial score (nSPS) is 15.5.